The second kappa shape index (κ2) is 6.12. The summed E-state index contributed by atoms with van der Waals surface area (Å²) < 4.78 is 13.1. The largest absolute Gasteiger partial charge is 0.394 e. The molecule has 0 aliphatic heterocycles. The average molecular weight is 276 g/mol. The van der Waals surface area contributed by atoms with Crippen molar-refractivity contribution in [3.05, 3.63) is 70.0 Å². The van der Waals surface area contributed by atoms with E-state index in [0.29, 0.717) is 0 Å². The molecule has 0 fully saturated rings. The van der Waals surface area contributed by atoms with Gasteiger partial charge < -0.3 is 10.4 Å². The Hall–Kier alpha value is -2.47. The van der Waals surface area contributed by atoms with Gasteiger partial charge in [-0.05, 0) is 17.7 Å². The first-order valence-corrected chi connectivity index (χ1v) is 5.98. The minimum absolute atomic E-state index is 0.166. The molecule has 0 radical (unpaired) electrons. The number of nitro benzene ring substituents is 1. The van der Waals surface area contributed by atoms with Gasteiger partial charge >= 0.3 is 0 Å². The Labute approximate surface area is 114 Å². The van der Waals surface area contributed by atoms with Crippen LogP contribution in [-0.2, 0) is 0 Å². The first kappa shape index (κ1) is 14.0. The highest BCUT2D eigenvalue weighted by molar-refractivity contribution is 5.62. The maximum absolute atomic E-state index is 13.1. The van der Waals surface area contributed by atoms with E-state index in [1.165, 1.54) is 6.07 Å². The maximum Gasteiger partial charge on any atom is 0.295 e. The van der Waals surface area contributed by atoms with Crippen molar-refractivity contribution in [1.82, 2.24) is 0 Å². The summed E-state index contributed by atoms with van der Waals surface area (Å²) in [7, 11) is 0. The van der Waals surface area contributed by atoms with Crippen molar-refractivity contribution in [2.75, 3.05) is 11.9 Å². The topological polar surface area (TPSA) is 75.4 Å². The van der Waals surface area contributed by atoms with Crippen LogP contribution in [0.5, 0.6) is 0 Å². The summed E-state index contributed by atoms with van der Waals surface area (Å²) in [6.45, 7) is -0.238. The molecule has 2 rings (SSSR count). The van der Waals surface area contributed by atoms with Crippen LogP contribution in [0.15, 0.2) is 48.5 Å². The second-order valence-corrected chi connectivity index (χ2v) is 4.21. The van der Waals surface area contributed by atoms with Gasteiger partial charge in [0.25, 0.3) is 5.69 Å². The molecule has 104 valence electrons. The zero-order valence-electron chi connectivity index (χ0n) is 10.5. The number of benzene rings is 2. The smallest absolute Gasteiger partial charge is 0.295 e. The lowest BCUT2D eigenvalue weighted by molar-refractivity contribution is -0.384. The quantitative estimate of drug-likeness (QED) is 0.650. The van der Waals surface area contributed by atoms with Crippen LogP contribution in [0, 0.1) is 15.9 Å². The predicted octanol–water partition coefficient (Wildman–Crippen LogP) is 2.88. The molecule has 0 saturated carbocycles. The Bertz CT molecular complexity index is 605. The number of nitro groups is 1. The van der Waals surface area contributed by atoms with Crippen molar-refractivity contribution in [1.29, 1.82) is 0 Å². The van der Waals surface area contributed by atoms with Gasteiger partial charge in [-0.3, -0.25) is 10.1 Å². The summed E-state index contributed by atoms with van der Waals surface area (Å²) in [4.78, 5) is 10.3. The molecular weight excluding hydrogens is 263 g/mol. The average Bonchev–Trinajstić information content (AvgIpc) is 2.46. The zero-order chi connectivity index (χ0) is 14.5. The van der Waals surface area contributed by atoms with Gasteiger partial charge in [0.15, 0.2) is 0 Å². The number of nitrogens with zero attached hydrogens (tertiary/aromatic N) is 1. The first-order chi connectivity index (χ1) is 9.61. The van der Waals surface area contributed by atoms with E-state index in [1.54, 1.807) is 24.3 Å². The SMILES string of the molecule is O=[N+]([O-])c1cc(F)ccc1N[C@H](CO)c1ccccc1. The number of anilines is 1. The van der Waals surface area contributed by atoms with Crippen LogP contribution in [0.4, 0.5) is 15.8 Å². The standard InChI is InChI=1S/C14H13FN2O3/c15-11-6-7-12(14(8-11)17(19)20)16-13(9-18)10-4-2-1-3-5-10/h1-8,13,16,18H,9H2/t13-/m1/s1. The van der Waals surface area contributed by atoms with E-state index in [9.17, 15) is 19.6 Å². The van der Waals surface area contributed by atoms with Gasteiger partial charge in [-0.1, -0.05) is 30.3 Å². The molecule has 2 aromatic carbocycles. The molecule has 0 amide bonds. The van der Waals surface area contributed by atoms with Crippen molar-refractivity contribution in [2.45, 2.75) is 6.04 Å². The third-order valence-corrected chi connectivity index (χ3v) is 2.87. The second-order valence-electron chi connectivity index (χ2n) is 4.21. The highest BCUT2D eigenvalue weighted by Gasteiger charge is 2.18. The summed E-state index contributed by atoms with van der Waals surface area (Å²) in [5, 5.41) is 23.2. The van der Waals surface area contributed by atoms with Crippen LogP contribution in [0.2, 0.25) is 0 Å². The summed E-state index contributed by atoms with van der Waals surface area (Å²) in [5.41, 5.74) is 0.590. The van der Waals surface area contributed by atoms with E-state index in [4.69, 9.17) is 0 Å². The fourth-order valence-corrected chi connectivity index (χ4v) is 1.89. The Morgan fingerprint density at radius 3 is 2.55 bits per heavy atom. The fourth-order valence-electron chi connectivity index (χ4n) is 1.89. The zero-order valence-corrected chi connectivity index (χ0v) is 10.5. The number of aliphatic hydroxyl groups is 1. The third kappa shape index (κ3) is 3.10. The van der Waals surface area contributed by atoms with Crippen molar-refractivity contribution < 1.29 is 14.4 Å². The van der Waals surface area contributed by atoms with Crippen LogP contribution in [0.3, 0.4) is 0 Å². The highest BCUT2D eigenvalue weighted by atomic mass is 19.1. The molecule has 0 bridgehead atoms. The molecule has 0 heterocycles. The molecule has 0 aliphatic rings. The summed E-state index contributed by atoms with van der Waals surface area (Å²) in [6.07, 6.45) is 0. The van der Waals surface area contributed by atoms with Crippen LogP contribution in [0.25, 0.3) is 0 Å². The van der Waals surface area contributed by atoms with Crippen molar-refractivity contribution >= 4 is 11.4 Å². The predicted molar refractivity (Wildman–Crippen MR) is 72.9 cm³/mol. The van der Waals surface area contributed by atoms with Gasteiger partial charge in [-0.15, -0.1) is 0 Å². The lowest BCUT2D eigenvalue weighted by Crippen LogP contribution is -2.15. The van der Waals surface area contributed by atoms with Gasteiger partial charge in [-0.2, -0.15) is 0 Å². The Morgan fingerprint density at radius 2 is 1.95 bits per heavy atom. The minimum atomic E-state index is -0.678. The Balaban J connectivity index is 2.31. The number of hydrogen-bond donors (Lipinski definition) is 2. The summed E-state index contributed by atoms with van der Waals surface area (Å²) in [6, 6.07) is 11.8. The van der Waals surface area contributed by atoms with Crippen molar-refractivity contribution in [3.63, 3.8) is 0 Å². The number of nitrogens with one attached hydrogen (secondary N) is 1. The molecule has 0 unspecified atom stereocenters. The molecule has 0 aliphatic carbocycles. The monoisotopic (exact) mass is 276 g/mol. The van der Waals surface area contributed by atoms with E-state index >= 15 is 0 Å². The molecule has 0 spiro atoms. The molecule has 2 N–H and O–H groups in total. The lowest BCUT2D eigenvalue weighted by Gasteiger charge is -2.18. The van der Waals surface area contributed by atoms with E-state index in [-0.39, 0.29) is 18.0 Å². The van der Waals surface area contributed by atoms with Crippen LogP contribution in [0.1, 0.15) is 11.6 Å². The van der Waals surface area contributed by atoms with E-state index in [1.807, 2.05) is 6.07 Å². The minimum Gasteiger partial charge on any atom is -0.394 e. The maximum atomic E-state index is 13.1. The molecule has 2 aromatic rings. The fraction of sp³-hybridized carbons (Fsp3) is 0.143. The first-order valence-electron chi connectivity index (χ1n) is 5.98. The number of halogens is 1. The van der Waals surface area contributed by atoms with Crippen LogP contribution in [-0.4, -0.2) is 16.6 Å². The van der Waals surface area contributed by atoms with E-state index in [0.717, 1.165) is 17.7 Å². The third-order valence-electron chi connectivity index (χ3n) is 2.87. The number of hydrogen-bond acceptors (Lipinski definition) is 4. The summed E-state index contributed by atoms with van der Waals surface area (Å²) in [5.74, 6) is -0.678. The molecule has 0 aromatic heterocycles. The van der Waals surface area contributed by atoms with Gasteiger partial charge in [0, 0.05) is 0 Å². The Morgan fingerprint density at radius 1 is 1.25 bits per heavy atom. The van der Waals surface area contributed by atoms with E-state index in [2.05, 4.69) is 5.32 Å². The molecule has 1 atom stereocenters. The van der Waals surface area contributed by atoms with Gasteiger partial charge in [0.1, 0.15) is 11.5 Å². The molecule has 6 heteroatoms. The summed E-state index contributed by atoms with van der Waals surface area (Å²) >= 11 is 0. The lowest BCUT2D eigenvalue weighted by atomic mass is 10.1. The van der Waals surface area contributed by atoms with E-state index < -0.39 is 16.8 Å². The van der Waals surface area contributed by atoms with Crippen LogP contribution >= 0.6 is 0 Å². The molecule has 5 nitrogen and oxygen atoms in total. The Kier molecular flexibility index (Phi) is 4.27. The number of aliphatic hydroxyl groups excluding tert-OH is 1. The number of rotatable bonds is 5. The molecule has 20 heavy (non-hydrogen) atoms. The molecular formula is C14H13FN2O3. The van der Waals surface area contributed by atoms with Crippen LogP contribution < -0.4 is 5.32 Å². The van der Waals surface area contributed by atoms with Crippen molar-refractivity contribution in [2.24, 2.45) is 0 Å². The van der Waals surface area contributed by atoms with Gasteiger partial charge in [0.05, 0.1) is 23.6 Å². The highest BCUT2D eigenvalue weighted by Crippen LogP contribution is 2.28. The van der Waals surface area contributed by atoms with Gasteiger partial charge in [-0.25, -0.2) is 4.39 Å². The molecule has 0 saturated heterocycles. The van der Waals surface area contributed by atoms with Crippen molar-refractivity contribution in [3.8, 4) is 0 Å². The normalized spacial score (nSPS) is 11.9. The van der Waals surface area contributed by atoms with Gasteiger partial charge in [0.2, 0.25) is 0 Å².